The molecule has 1 aromatic rings. The highest BCUT2D eigenvalue weighted by atomic mass is 32.2. The van der Waals surface area contributed by atoms with Gasteiger partial charge in [-0.3, -0.25) is 10.1 Å². The summed E-state index contributed by atoms with van der Waals surface area (Å²) in [6, 6.07) is 4.20. The van der Waals surface area contributed by atoms with Crippen LogP contribution in [0.4, 0.5) is 10.1 Å². The maximum Gasteiger partial charge on any atom is 0.306 e. The first kappa shape index (κ1) is 15.3. The molecule has 1 aromatic carbocycles. The van der Waals surface area contributed by atoms with Crippen LogP contribution in [0.25, 0.3) is 0 Å². The summed E-state index contributed by atoms with van der Waals surface area (Å²) in [7, 11) is -4.15. The highest BCUT2D eigenvalue weighted by Crippen LogP contribution is 2.40. The maximum absolute atomic E-state index is 13.2. The van der Waals surface area contributed by atoms with Crippen LogP contribution in [0.1, 0.15) is 19.8 Å². The van der Waals surface area contributed by atoms with Gasteiger partial charge in [-0.2, -0.15) is 14.4 Å². The van der Waals surface area contributed by atoms with Gasteiger partial charge in [0.15, 0.2) is 0 Å². The van der Waals surface area contributed by atoms with E-state index in [9.17, 15) is 22.9 Å². The Labute approximate surface area is 120 Å². The Kier molecular flexibility index (Phi) is 3.69. The number of nitrogens with one attached hydrogen (secondary N) is 1. The minimum atomic E-state index is -4.15. The zero-order valence-electron chi connectivity index (χ0n) is 11.0. The van der Waals surface area contributed by atoms with Crippen LogP contribution >= 0.6 is 0 Å². The SMILES string of the molecule is C[C@](C#N)(NS(=O)(=O)c1ccc(F)c([N+](=O)[O-])c1)C1CC1. The largest absolute Gasteiger partial charge is 0.306 e. The molecule has 0 aromatic heterocycles. The number of hydrogen-bond acceptors (Lipinski definition) is 5. The number of nitro groups is 1. The third-order valence-electron chi connectivity index (χ3n) is 3.40. The van der Waals surface area contributed by atoms with Crippen molar-refractivity contribution in [3.8, 4) is 6.07 Å². The summed E-state index contributed by atoms with van der Waals surface area (Å²) in [5.41, 5.74) is -2.20. The average molecular weight is 313 g/mol. The molecule has 7 nitrogen and oxygen atoms in total. The molecule has 1 aliphatic rings. The topological polar surface area (TPSA) is 113 Å². The van der Waals surface area contributed by atoms with E-state index in [4.69, 9.17) is 5.26 Å². The lowest BCUT2D eigenvalue weighted by atomic mass is 10.0. The molecule has 0 spiro atoms. The minimum Gasteiger partial charge on any atom is -0.258 e. The van der Waals surface area contributed by atoms with Crippen LogP contribution in [-0.4, -0.2) is 18.9 Å². The van der Waals surface area contributed by atoms with Gasteiger partial charge in [-0.15, -0.1) is 0 Å². The number of sulfonamides is 1. The molecule has 112 valence electrons. The van der Waals surface area contributed by atoms with Gasteiger partial charge in [-0.25, -0.2) is 8.42 Å². The van der Waals surface area contributed by atoms with Crippen molar-refractivity contribution >= 4 is 15.7 Å². The maximum atomic E-state index is 13.2. The summed E-state index contributed by atoms with van der Waals surface area (Å²) in [6.07, 6.45) is 1.46. The summed E-state index contributed by atoms with van der Waals surface area (Å²) in [6.45, 7) is 1.46. The second kappa shape index (κ2) is 5.05. The van der Waals surface area contributed by atoms with Crippen LogP contribution < -0.4 is 4.72 Å². The number of nitro benzene ring substituents is 1. The summed E-state index contributed by atoms with van der Waals surface area (Å²) >= 11 is 0. The van der Waals surface area contributed by atoms with E-state index < -0.39 is 36.9 Å². The van der Waals surface area contributed by atoms with E-state index in [0.29, 0.717) is 12.1 Å². The Balaban J connectivity index is 2.38. The molecular formula is C12H12FN3O4S. The molecule has 1 N–H and O–H groups in total. The number of hydrogen-bond donors (Lipinski definition) is 1. The normalized spacial score (nSPS) is 17.8. The van der Waals surface area contributed by atoms with E-state index in [0.717, 1.165) is 18.9 Å². The van der Waals surface area contributed by atoms with Gasteiger partial charge in [0, 0.05) is 6.07 Å². The summed E-state index contributed by atoms with van der Waals surface area (Å²) in [4.78, 5) is 9.21. The fraction of sp³-hybridized carbons (Fsp3) is 0.417. The lowest BCUT2D eigenvalue weighted by molar-refractivity contribution is -0.387. The Morgan fingerprint density at radius 2 is 2.14 bits per heavy atom. The van der Waals surface area contributed by atoms with Crippen molar-refractivity contribution in [2.75, 3.05) is 0 Å². The Morgan fingerprint density at radius 1 is 1.52 bits per heavy atom. The van der Waals surface area contributed by atoms with Crippen molar-refractivity contribution in [3.63, 3.8) is 0 Å². The second-order valence-electron chi connectivity index (χ2n) is 5.06. The predicted molar refractivity (Wildman–Crippen MR) is 70.1 cm³/mol. The van der Waals surface area contributed by atoms with Crippen LogP contribution in [0.15, 0.2) is 23.1 Å². The first-order valence-electron chi connectivity index (χ1n) is 6.09. The lowest BCUT2D eigenvalue weighted by Gasteiger charge is -2.22. The molecule has 0 amide bonds. The number of halogens is 1. The van der Waals surface area contributed by atoms with Gasteiger partial charge in [-0.05, 0) is 37.8 Å². The van der Waals surface area contributed by atoms with Gasteiger partial charge in [0.2, 0.25) is 15.8 Å². The van der Waals surface area contributed by atoms with E-state index in [2.05, 4.69) is 4.72 Å². The number of rotatable bonds is 5. The molecular weight excluding hydrogens is 301 g/mol. The van der Waals surface area contributed by atoms with E-state index in [1.54, 1.807) is 0 Å². The van der Waals surface area contributed by atoms with Crippen LogP contribution in [-0.2, 0) is 10.0 Å². The van der Waals surface area contributed by atoms with Crippen molar-refractivity contribution in [3.05, 3.63) is 34.1 Å². The minimum absolute atomic E-state index is 0.0901. The third-order valence-corrected chi connectivity index (χ3v) is 4.96. The van der Waals surface area contributed by atoms with Crippen molar-refractivity contribution in [1.82, 2.24) is 4.72 Å². The Morgan fingerprint density at radius 3 is 2.62 bits per heavy atom. The molecule has 2 rings (SSSR count). The molecule has 0 radical (unpaired) electrons. The summed E-state index contributed by atoms with van der Waals surface area (Å²) in [5.74, 6) is -1.21. The monoisotopic (exact) mass is 313 g/mol. The van der Waals surface area contributed by atoms with Crippen LogP contribution in [0, 0.1) is 33.2 Å². The van der Waals surface area contributed by atoms with Crippen LogP contribution in [0.5, 0.6) is 0 Å². The fourth-order valence-electron chi connectivity index (χ4n) is 2.00. The zero-order valence-corrected chi connectivity index (χ0v) is 11.9. The quantitative estimate of drug-likeness (QED) is 0.656. The van der Waals surface area contributed by atoms with E-state index >= 15 is 0 Å². The number of benzene rings is 1. The van der Waals surface area contributed by atoms with E-state index in [1.807, 2.05) is 6.07 Å². The van der Waals surface area contributed by atoms with Gasteiger partial charge in [0.05, 0.1) is 15.9 Å². The van der Waals surface area contributed by atoms with Crippen molar-refractivity contribution in [1.29, 1.82) is 5.26 Å². The standard InChI is InChI=1S/C12H12FN3O4S/c1-12(7-14,8-2-3-8)15-21(19,20)9-4-5-10(13)11(6-9)16(17)18/h4-6,8,15H,2-3H2,1H3/t12-/m1/s1. The molecule has 1 atom stereocenters. The lowest BCUT2D eigenvalue weighted by Crippen LogP contribution is -2.46. The number of nitriles is 1. The first-order valence-corrected chi connectivity index (χ1v) is 7.57. The van der Waals surface area contributed by atoms with Gasteiger partial charge in [0.25, 0.3) is 0 Å². The summed E-state index contributed by atoms with van der Waals surface area (Å²) in [5, 5.41) is 19.8. The molecule has 9 heteroatoms. The molecule has 1 fully saturated rings. The van der Waals surface area contributed by atoms with Gasteiger partial charge in [0.1, 0.15) is 5.54 Å². The molecule has 0 heterocycles. The molecule has 0 unspecified atom stereocenters. The van der Waals surface area contributed by atoms with Crippen molar-refractivity contribution in [2.24, 2.45) is 5.92 Å². The zero-order chi connectivity index (χ0) is 15.8. The molecule has 0 bridgehead atoms. The highest BCUT2D eigenvalue weighted by molar-refractivity contribution is 7.89. The van der Waals surface area contributed by atoms with Gasteiger partial charge in [-0.1, -0.05) is 0 Å². The van der Waals surface area contributed by atoms with E-state index in [1.165, 1.54) is 6.92 Å². The molecule has 1 aliphatic carbocycles. The summed E-state index contributed by atoms with van der Waals surface area (Å²) < 4.78 is 39.9. The Hall–Kier alpha value is -2.05. The average Bonchev–Trinajstić information content (AvgIpc) is 3.22. The number of nitrogens with zero attached hydrogens (tertiary/aromatic N) is 2. The fourth-order valence-corrected chi connectivity index (χ4v) is 3.40. The third kappa shape index (κ3) is 3.01. The Bertz CT molecular complexity index is 739. The highest BCUT2D eigenvalue weighted by Gasteiger charge is 2.45. The smallest absolute Gasteiger partial charge is 0.258 e. The van der Waals surface area contributed by atoms with Crippen molar-refractivity contribution in [2.45, 2.75) is 30.2 Å². The van der Waals surface area contributed by atoms with Crippen LogP contribution in [0.2, 0.25) is 0 Å². The molecule has 0 aliphatic heterocycles. The molecule has 21 heavy (non-hydrogen) atoms. The molecule has 0 saturated heterocycles. The first-order chi connectivity index (χ1) is 9.69. The van der Waals surface area contributed by atoms with Crippen molar-refractivity contribution < 1.29 is 17.7 Å². The molecule has 1 saturated carbocycles. The van der Waals surface area contributed by atoms with Gasteiger partial charge < -0.3 is 0 Å². The van der Waals surface area contributed by atoms with Gasteiger partial charge >= 0.3 is 5.69 Å². The second-order valence-corrected chi connectivity index (χ2v) is 6.75. The predicted octanol–water partition coefficient (Wildman–Crippen LogP) is 1.70. The van der Waals surface area contributed by atoms with Crippen LogP contribution in [0.3, 0.4) is 0 Å². The van der Waals surface area contributed by atoms with E-state index in [-0.39, 0.29) is 5.92 Å².